The zero-order chi connectivity index (χ0) is 34.4. The zero-order valence-corrected chi connectivity index (χ0v) is 29.1. The van der Waals surface area contributed by atoms with Crippen molar-refractivity contribution in [3.8, 4) is 17.6 Å². The minimum absolute atomic E-state index is 0.0835. The van der Waals surface area contributed by atoms with E-state index in [1.54, 1.807) is 24.3 Å². The number of ether oxygens (including phenoxy) is 2. The summed E-state index contributed by atoms with van der Waals surface area (Å²) in [5.74, 6) is 0.550. The van der Waals surface area contributed by atoms with Crippen molar-refractivity contribution >= 4 is 21.6 Å². The molecule has 49 heavy (non-hydrogen) atoms. The molecule has 6 nitrogen and oxygen atoms in total. The lowest BCUT2D eigenvalue weighted by atomic mass is 9.76. The molecule has 246 valence electrons. The van der Waals surface area contributed by atoms with Gasteiger partial charge < -0.3 is 19.4 Å². The average Bonchev–Trinajstić information content (AvgIpc) is 3.51. The second kappa shape index (κ2) is 14.8. The van der Waals surface area contributed by atoms with E-state index < -0.39 is 17.4 Å². The lowest BCUT2D eigenvalue weighted by molar-refractivity contribution is 0.228. The van der Waals surface area contributed by atoms with Crippen molar-refractivity contribution < 1.29 is 13.9 Å². The predicted molar refractivity (Wildman–Crippen MR) is 194 cm³/mol. The van der Waals surface area contributed by atoms with E-state index in [2.05, 4.69) is 68.3 Å². The molecule has 5 aromatic carbocycles. The second-order valence-corrected chi connectivity index (χ2v) is 12.6. The molecular weight excluding hydrogens is 679 g/mol. The smallest absolute Gasteiger partial charge is 0.171 e. The summed E-state index contributed by atoms with van der Waals surface area (Å²) in [5, 5.41) is 13.0. The van der Waals surface area contributed by atoms with Gasteiger partial charge in [-0.05, 0) is 83.7 Å². The number of hydrogen-bond acceptors (Lipinski definition) is 5. The Kier molecular flexibility index (Phi) is 10.1. The van der Waals surface area contributed by atoms with Crippen molar-refractivity contribution in [2.24, 2.45) is 0 Å². The van der Waals surface area contributed by atoms with Crippen molar-refractivity contribution in [2.45, 2.75) is 38.5 Å². The normalized spacial score (nSPS) is 11.9. The molecule has 6 aromatic rings. The van der Waals surface area contributed by atoms with E-state index in [9.17, 15) is 5.26 Å². The third-order valence-corrected chi connectivity index (χ3v) is 8.63. The van der Waals surface area contributed by atoms with Crippen molar-refractivity contribution in [3.05, 3.63) is 178 Å². The highest BCUT2D eigenvalue weighted by Gasteiger charge is 2.42. The molecule has 1 atom stereocenters. The lowest BCUT2D eigenvalue weighted by Gasteiger charge is -2.39. The standard InChI is InChI=1S/C41H36BrFN4O2/c1-4-48-34-24-35(38(43)36(25-34)49-28(2)3)39(45-33-22-20-29(26-44)21-23-33)40-46-37(42)27-47(40)41(30-14-8-5-9-15-30,31-16-10-6-11-17-31)32-18-12-7-13-19-32/h5-25,27-28,39,45H,4H2,1-3H3. The minimum atomic E-state index is -0.937. The van der Waals surface area contributed by atoms with Crippen LogP contribution in [-0.2, 0) is 5.54 Å². The molecular formula is C41H36BrFN4O2. The van der Waals surface area contributed by atoms with Gasteiger partial charge >= 0.3 is 0 Å². The van der Waals surface area contributed by atoms with Gasteiger partial charge in [0.2, 0.25) is 0 Å². The van der Waals surface area contributed by atoms with E-state index in [1.807, 2.05) is 93.7 Å². The maximum Gasteiger partial charge on any atom is 0.171 e. The number of anilines is 1. The van der Waals surface area contributed by atoms with E-state index in [0.29, 0.717) is 34.0 Å². The zero-order valence-electron chi connectivity index (χ0n) is 27.5. The molecule has 0 fully saturated rings. The largest absolute Gasteiger partial charge is 0.494 e. The Balaban J connectivity index is 1.70. The first-order valence-electron chi connectivity index (χ1n) is 16.2. The van der Waals surface area contributed by atoms with Crippen molar-refractivity contribution in [1.82, 2.24) is 9.55 Å². The number of halogens is 2. The SMILES string of the molecule is CCOc1cc(OC(C)C)c(F)c(C(Nc2ccc(C#N)cc2)c2nc(Br)cn2C(c2ccccc2)(c2ccccc2)c2ccccc2)c1. The molecule has 1 unspecified atom stereocenters. The third kappa shape index (κ3) is 6.81. The molecule has 1 aromatic heterocycles. The van der Waals surface area contributed by atoms with Crippen LogP contribution in [0.1, 0.15) is 60.5 Å². The van der Waals surface area contributed by atoms with Gasteiger partial charge in [-0.3, -0.25) is 0 Å². The van der Waals surface area contributed by atoms with Crippen LogP contribution in [0.5, 0.6) is 11.5 Å². The van der Waals surface area contributed by atoms with Gasteiger partial charge in [0, 0.05) is 23.5 Å². The van der Waals surface area contributed by atoms with Crippen LogP contribution in [0.3, 0.4) is 0 Å². The van der Waals surface area contributed by atoms with E-state index >= 15 is 4.39 Å². The molecule has 0 saturated carbocycles. The van der Waals surface area contributed by atoms with Crippen molar-refractivity contribution in [1.29, 1.82) is 5.26 Å². The third-order valence-electron chi connectivity index (χ3n) is 8.25. The number of benzene rings is 5. The fraction of sp³-hybridized carbons (Fsp3) is 0.171. The monoisotopic (exact) mass is 714 g/mol. The van der Waals surface area contributed by atoms with Crippen LogP contribution < -0.4 is 14.8 Å². The highest BCUT2D eigenvalue weighted by Crippen LogP contribution is 2.45. The van der Waals surface area contributed by atoms with Crippen LogP contribution in [0.4, 0.5) is 10.1 Å². The molecule has 8 heteroatoms. The van der Waals surface area contributed by atoms with Crippen LogP contribution in [0.25, 0.3) is 0 Å². The van der Waals surface area contributed by atoms with E-state index in [4.69, 9.17) is 14.5 Å². The number of nitrogens with one attached hydrogen (secondary N) is 1. The Morgan fingerprint density at radius 1 is 0.857 bits per heavy atom. The summed E-state index contributed by atoms with van der Waals surface area (Å²) in [6, 6.07) is 42.4. The maximum absolute atomic E-state index is 16.9. The van der Waals surface area contributed by atoms with Gasteiger partial charge in [0.25, 0.3) is 0 Å². The fourth-order valence-corrected chi connectivity index (χ4v) is 6.66. The van der Waals surface area contributed by atoms with Crippen LogP contribution in [0, 0.1) is 17.1 Å². The van der Waals surface area contributed by atoms with E-state index in [0.717, 1.165) is 16.7 Å². The molecule has 0 aliphatic rings. The molecule has 6 rings (SSSR count). The van der Waals surface area contributed by atoms with Gasteiger partial charge in [0.15, 0.2) is 11.6 Å². The summed E-state index contributed by atoms with van der Waals surface area (Å²) < 4.78 is 31.5. The molecule has 0 aliphatic heterocycles. The summed E-state index contributed by atoms with van der Waals surface area (Å²) >= 11 is 3.70. The van der Waals surface area contributed by atoms with Crippen LogP contribution in [0.2, 0.25) is 0 Å². The molecule has 0 bridgehead atoms. The van der Waals surface area contributed by atoms with Gasteiger partial charge in [-0.25, -0.2) is 9.37 Å². The number of nitrogens with zero attached hydrogens (tertiary/aromatic N) is 3. The highest BCUT2D eigenvalue weighted by molar-refractivity contribution is 9.10. The Bertz CT molecular complexity index is 1950. The lowest BCUT2D eigenvalue weighted by Crippen LogP contribution is -2.39. The minimum Gasteiger partial charge on any atom is -0.494 e. The molecule has 0 amide bonds. The van der Waals surface area contributed by atoms with Crippen LogP contribution in [-0.4, -0.2) is 22.3 Å². The number of imidazole rings is 1. The van der Waals surface area contributed by atoms with E-state index in [1.165, 1.54) is 0 Å². The van der Waals surface area contributed by atoms with Gasteiger partial charge in [0.1, 0.15) is 27.8 Å². The van der Waals surface area contributed by atoms with Gasteiger partial charge in [-0.2, -0.15) is 5.26 Å². The number of aromatic nitrogens is 2. The van der Waals surface area contributed by atoms with Crippen LogP contribution >= 0.6 is 15.9 Å². The predicted octanol–water partition coefficient (Wildman–Crippen LogP) is 9.88. The Morgan fingerprint density at radius 3 is 1.90 bits per heavy atom. The molecule has 1 N–H and O–H groups in total. The molecule has 1 heterocycles. The first-order valence-corrected chi connectivity index (χ1v) is 17.0. The summed E-state index contributed by atoms with van der Waals surface area (Å²) in [5.41, 5.74) is 3.50. The maximum atomic E-state index is 16.9. The Labute approximate surface area is 294 Å². The number of hydrogen-bond donors (Lipinski definition) is 1. The molecule has 0 aliphatic carbocycles. The molecule has 0 radical (unpaired) electrons. The van der Waals surface area contributed by atoms with Gasteiger partial charge in [0.05, 0.1) is 24.3 Å². The fourth-order valence-electron chi connectivity index (χ4n) is 6.27. The van der Waals surface area contributed by atoms with Gasteiger partial charge in [-0.1, -0.05) is 91.0 Å². The Morgan fingerprint density at radius 2 is 1.41 bits per heavy atom. The van der Waals surface area contributed by atoms with Crippen LogP contribution in [0.15, 0.2) is 138 Å². The number of nitriles is 1. The number of rotatable bonds is 12. The van der Waals surface area contributed by atoms with E-state index in [-0.39, 0.29) is 17.4 Å². The topological polar surface area (TPSA) is 72.1 Å². The Hall–Kier alpha value is -5.39. The first kappa shape index (κ1) is 33.5. The summed E-state index contributed by atoms with van der Waals surface area (Å²) in [7, 11) is 0. The average molecular weight is 716 g/mol. The second-order valence-electron chi connectivity index (χ2n) is 11.8. The van der Waals surface area contributed by atoms with Gasteiger partial charge in [-0.15, -0.1) is 0 Å². The summed E-state index contributed by atoms with van der Waals surface area (Å²) in [6.07, 6.45) is 1.67. The highest BCUT2D eigenvalue weighted by atomic mass is 79.9. The summed E-state index contributed by atoms with van der Waals surface area (Å²) in [6.45, 7) is 5.99. The quantitative estimate of drug-likeness (QED) is 0.128. The summed E-state index contributed by atoms with van der Waals surface area (Å²) in [4.78, 5) is 5.08. The molecule has 0 spiro atoms. The van der Waals surface area contributed by atoms with Crippen molar-refractivity contribution in [2.75, 3.05) is 11.9 Å². The molecule has 0 saturated heterocycles. The first-order chi connectivity index (χ1) is 23.8. The van der Waals surface area contributed by atoms with Crippen molar-refractivity contribution in [3.63, 3.8) is 0 Å².